The van der Waals surface area contributed by atoms with E-state index >= 15 is 0 Å². The summed E-state index contributed by atoms with van der Waals surface area (Å²) in [5.41, 5.74) is 3.45. The Hall–Kier alpha value is -2.52. The molecule has 0 unspecified atom stereocenters. The summed E-state index contributed by atoms with van der Waals surface area (Å²) in [6, 6.07) is 3.50. The monoisotopic (exact) mass is 345 g/mol. The van der Waals surface area contributed by atoms with Crippen molar-refractivity contribution in [1.29, 1.82) is 0 Å². The second-order valence-corrected chi connectivity index (χ2v) is 4.80. The highest BCUT2D eigenvalue weighted by atomic mass is 35.5. The van der Waals surface area contributed by atoms with Crippen molar-refractivity contribution in [2.45, 2.75) is 6.43 Å². The molecule has 0 aliphatic rings. The van der Waals surface area contributed by atoms with Crippen molar-refractivity contribution < 1.29 is 13.2 Å². The van der Waals surface area contributed by atoms with Crippen LogP contribution in [0.4, 0.5) is 18.9 Å². The summed E-state index contributed by atoms with van der Waals surface area (Å²) in [5.74, 6) is 4.75. The molecule has 2 rings (SSSR count). The number of allylic oxidation sites excluding steroid dienone is 1. The highest BCUT2D eigenvalue weighted by Gasteiger charge is 2.19. The van der Waals surface area contributed by atoms with Crippen LogP contribution in [0, 0.1) is 5.82 Å². The van der Waals surface area contributed by atoms with E-state index in [0.717, 1.165) is 18.6 Å². The Labute approximate surface area is 133 Å². The molecule has 10 heteroatoms. The number of hydrogen-bond donors (Lipinski definition) is 3. The van der Waals surface area contributed by atoms with Crippen molar-refractivity contribution in [3.05, 3.63) is 57.6 Å². The third-order valence-corrected chi connectivity index (χ3v) is 3.12. The van der Waals surface area contributed by atoms with Gasteiger partial charge in [0.25, 0.3) is 12.0 Å². The Morgan fingerprint density at radius 2 is 2.13 bits per heavy atom. The van der Waals surface area contributed by atoms with Crippen LogP contribution in [0.25, 0.3) is 11.3 Å². The van der Waals surface area contributed by atoms with Gasteiger partial charge in [-0.2, -0.15) is 0 Å². The molecule has 0 saturated carbocycles. The summed E-state index contributed by atoms with van der Waals surface area (Å²) < 4.78 is 39.4. The van der Waals surface area contributed by atoms with Crippen LogP contribution in [-0.4, -0.2) is 16.4 Å². The molecule has 5 N–H and O–H groups in total. The molecule has 1 aromatic carbocycles. The first-order chi connectivity index (χ1) is 10.8. The van der Waals surface area contributed by atoms with Gasteiger partial charge in [0.1, 0.15) is 0 Å². The average molecular weight is 346 g/mol. The fourth-order valence-corrected chi connectivity index (χ4v) is 1.95. The van der Waals surface area contributed by atoms with E-state index in [0.29, 0.717) is 5.01 Å². The van der Waals surface area contributed by atoms with E-state index in [-0.39, 0.29) is 22.0 Å². The zero-order chi connectivity index (χ0) is 17.1. The molecule has 0 atom stereocenters. The lowest BCUT2D eigenvalue weighted by atomic mass is 10.1. The number of aromatic amines is 1. The first kappa shape index (κ1) is 16.8. The number of anilines is 1. The molecule has 0 amide bonds. The molecule has 1 heterocycles. The summed E-state index contributed by atoms with van der Waals surface area (Å²) in [6.07, 6.45) is -1.13. The Morgan fingerprint density at radius 1 is 1.43 bits per heavy atom. The molecule has 2 aromatic rings. The molecule has 0 bridgehead atoms. The van der Waals surface area contributed by atoms with Gasteiger partial charge in [0.05, 0.1) is 34.0 Å². The maximum atomic E-state index is 14.4. The van der Waals surface area contributed by atoms with Crippen LogP contribution in [0.5, 0.6) is 0 Å². The summed E-state index contributed by atoms with van der Waals surface area (Å²) in [5, 5.41) is 0.462. The van der Waals surface area contributed by atoms with Gasteiger partial charge in [0.15, 0.2) is 5.82 Å². The van der Waals surface area contributed by atoms with Gasteiger partial charge in [-0.05, 0) is 12.1 Å². The van der Waals surface area contributed by atoms with E-state index < -0.39 is 23.5 Å². The lowest BCUT2D eigenvalue weighted by Gasteiger charge is -2.19. The van der Waals surface area contributed by atoms with Gasteiger partial charge in [-0.1, -0.05) is 11.6 Å². The molecule has 0 aliphatic carbocycles. The summed E-state index contributed by atoms with van der Waals surface area (Å²) in [7, 11) is 0. The predicted octanol–water partition coefficient (Wildman–Crippen LogP) is 1.97. The predicted molar refractivity (Wildman–Crippen MR) is 80.2 cm³/mol. The largest absolute Gasteiger partial charge is 0.396 e. The topological polar surface area (TPSA) is 101 Å². The number of benzene rings is 1. The van der Waals surface area contributed by atoms with E-state index in [1.54, 1.807) is 0 Å². The lowest BCUT2D eigenvalue weighted by molar-refractivity contribution is 0.187. The molecule has 122 valence electrons. The Morgan fingerprint density at radius 3 is 2.74 bits per heavy atom. The number of nitrogens with one attached hydrogen (secondary N) is 1. The number of hydrogen-bond acceptors (Lipinski definition) is 5. The molecule has 0 saturated heterocycles. The van der Waals surface area contributed by atoms with Crippen LogP contribution < -0.4 is 22.1 Å². The van der Waals surface area contributed by atoms with E-state index in [2.05, 4.69) is 9.97 Å². The molecule has 0 spiro atoms. The summed E-state index contributed by atoms with van der Waals surface area (Å²) in [6.45, 7) is 0. The van der Waals surface area contributed by atoms with Crippen LogP contribution in [0.1, 0.15) is 0 Å². The minimum absolute atomic E-state index is 0.0476. The average Bonchev–Trinajstić information content (AvgIpc) is 2.49. The van der Waals surface area contributed by atoms with E-state index in [9.17, 15) is 18.0 Å². The zero-order valence-corrected chi connectivity index (χ0v) is 12.2. The number of alkyl halides is 2. The molecule has 0 radical (unpaired) electrons. The minimum atomic E-state index is -2.93. The van der Waals surface area contributed by atoms with E-state index in [1.807, 2.05) is 0 Å². The van der Waals surface area contributed by atoms with Crippen molar-refractivity contribution >= 4 is 17.3 Å². The van der Waals surface area contributed by atoms with Gasteiger partial charge >= 0.3 is 0 Å². The van der Waals surface area contributed by atoms with E-state index in [1.165, 1.54) is 12.1 Å². The summed E-state index contributed by atoms with van der Waals surface area (Å²) >= 11 is 5.73. The minimum Gasteiger partial charge on any atom is -0.396 e. The quantitative estimate of drug-likeness (QED) is 0.581. The number of halogens is 4. The second kappa shape index (κ2) is 6.71. The first-order valence-corrected chi connectivity index (χ1v) is 6.51. The van der Waals surface area contributed by atoms with Crippen molar-refractivity contribution in [2.75, 3.05) is 5.01 Å². The van der Waals surface area contributed by atoms with E-state index in [4.69, 9.17) is 23.2 Å². The standard InChI is InChI=1S/C13H11ClF3N5O/c14-6-1-2-9(22(19)4-7(18)13(16)17)11(12(6)15)8-3-10(23)21-5-20-8/h1-5,13H,18-19H2,(H,20,21,23)/b7-4-. The third-order valence-electron chi connectivity index (χ3n) is 2.83. The van der Waals surface area contributed by atoms with Crippen molar-refractivity contribution in [3.63, 3.8) is 0 Å². The molecule has 0 aliphatic heterocycles. The zero-order valence-electron chi connectivity index (χ0n) is 11.4. The van der Waals surface area contributed by atoms with Crippen LogP contribution in [-0.2, 0) is 0 Å². The molecule has 1 aromatic heterocycles. The van der Waals surface area contributed by atoms with Crippen molar-refractivity contribution in [3.8, 4) is 11.3 Å². The van der Waals surface area contributed by atoms with Gasteiger partial charge in [-0.25, -0.2) is 24.0 Å². The van der Waals surface area contributed by atoms with Crippen LogP contribution in [0.2, 0.25) is 5.02 Å². The van der Waals surface area contributed by atoms with Gasteiger partial charge < -0.3 is 10.7 Å². The molecule has 0 fully saturated rings. The number of H-pyrrole nitrogens is 1. The third kappa shape index (κ3) is 3.63. The molecule has 23 heavy (non-hydrogen) atoms. The first-order valence-electron chi connectivity index (χ1n) is 6.13. The van der Waals surface area contributed by atoms with Crippen LogP contribution in [0.15, 0.2) is 41.2 Å². The summed E-state index contributed by atoms with van der Waals surface area (Å²) in [4.78, 5) is 17.5. The Kier molecular flexibility index (Phi) is 4.92. The van der Waals surface area contributed by atoms with Crippen LogP contribution >= 0.6 is 11.6 Å². The van der Waals surface area contributed by atoms with Gasteiger partial charge in [-0.3, -0.25) is 9.80 Å². The van der Waals surface area contributed by atoms with Gasteiger partial charge in [-0.15, -0.1) is 0 Å². The molecular weight excluding hydrogens is 335 g/mol. The number of aromatic nitrogens is 2. The normalized spacial score (nSPS) is 11.8. The number of rotatable bonds is 4. The number of hydrazine groups is 1. The van der Waals surface area contributed by atoms with Gasteiger partial charge in [0, 0.05) is 12.3 Å². The fourth-order valence-electron chi connectivity index (χ4n) is 1.79. The fraction of sp³-hybridized carbons (Fsp3) is 0.0769. The van der Waals surface area contributed by atoms with Crippen LogP contribution in [0.3, 0.4) is 0 Å². The SMILES string of the molecule is N/C(=C\N(N)c1ccc(Cl)c(F)c1-c1cc(=O)[nH]cn1)C(F)F. The second-order valence-electron chi connectivity index (χ2n) is 4.39. The molecular formula is C13H11ClF3N5O. The maximum Gasteiger partial charge on any atom is 0.279 e. The smallest absolute Gasteiger partial charge is 0.279 e. The maximum absolute atomic E-state index is 14.4. The number of nitrogens with zero attached hydrogens (tertiary/aromatic N) is 2. The molecule has 6 nitrogen and oxygen atoms in total. The highest BCUT2D eigenvalue weighted by Crippen LogP contribution is 2.34. The Bertz CT molecular complexity index is 808. The number of nitrogens with two attached hydrogens (primary N) is 2. The Balaban J connectivity index is 2.64. The van der Waals surface area contributed by atoms with Crippen molar-refractivity contribution in [2.24, 2.45) is 11.6 Å². The van der Waals surface area contributed by atoms with Crippen molar-refractivity contribution in [1.82, 2.24) is 9.97 Å². The van der Waals surface area contributed by atoms with Gasteiger partial charge in [0.2, 0.25) is 0 Å². The lowest BCUT2D eigenvalue weighted by Crippen LogP contribution is -2.28. The highest BCUT2D eigenvalue weighted by molar-refractivity contribution is 6.31.